The molecule has 0 radical (unpaired) electrons. The second-order valence-corrected chi connectivity index (χ2v) is 5.99. The number of carbonyl (C=O) groups is 1. The Morgan fingerprint density at radius 1 is 1.38 bits per heavy atom. The Morgan fingerprint density at radius 3 is 2.90 bits per heavy atom. The normalized spacial score (nSPS) is 21.8. The molecule has 2 aromatic rings. The lowest BCUT2D eigenvalue weighted by atomic mass is 9.78. The van der Waals surface area contributed by atoms with Crippen molar-refractivity contribution in [2.24, 2.45) is 0 Å². The summed E-state index contributed by atoms with van der Waals surface area (Å²) in [6.07, 6.45) is 4.98. The van der Waals surface area contributed by atoms with Crippen LogP contribution in [0, 0.1) is 0 Å². The minimum Gasteiger partial charge on any atom is -0.465 e. The third-order valence-corrected chi connectivity index (χ3v) is 4.72. The average molecular weight is 285 g/mol. The highest BCUT2D eigenvalue weighted by atomic mass is 16.3. The lowest BCUT2D eigenvalue weighted by molar-refractivity contribution is -0.116. The van der Waals surface area contributed by atoms with Crippen LogP contribution in [0.4, 0.5) is 5.82 Å². The number of carbonyl (C=O) groups excluding carboxylic acids is 1. The van der Waals surface area contributed by atoms with Crippen molar-refractivity contribution in [3.05, 3.63) is 34.9 Å². The van der Waals surface area contributed by atoms with Crippen LogP contribution in [-0.4, -0.2) is 16.1 Å². The van der Waals surface area contributed by atoms with Crippen LogP contribution in [0.2, 0.25) is 0 Å². The van der Waals surface area contributed by atoms with E-state index >= 15 is 0 Å². The van der Waals surface area contributed by atoms with E-state index in [1.807, 2.05) is 12.1 Å². The van der Waals surface area contributed by atoms with E-state index in [-0.39, 0.29) is 11.8 Å². The number of aromatic amines is 1. The van der Waals surface area contributed by atoms with Crippen molar-refractivity contribution < 1.29 is 9.21 Å². The summed E-state index contributed by atoms with van der Waals surface area (Å²) >= 11 is 0. The fraction of sp³-hybridized carbons (Fsp3) is 0.500. The summed E-state index contributed by atoms with van der Waals surface area (Å²) in [5.41, 5.74) is 2.33. The van der Waals surface area contributed by atoms with Gasteiger partial charge in [-0.25, -0.2) is 0 Å². The molecule has 2 aliphatic rings. The first kappa shape index (κ1) is 12.7. The van der Waals surface area contributed by atoms with Crippen LogP contribution < -0.4 is 5.32 Å². The molecule has 1 aliphatic heterocycles. The van der Waals surface area contributed by atoms with Crippen LogP contribution in [-0.2, 0) is 11.2 Å². The van der Waals surface area contributed by atoms with E-state index in [1.54, 1.807) is 0 Å². The highest BCUT2D eigenvalue weighted by Gasteiger charge is 2.36. The Balaban J connectivity index is 1.78. The summed E-state index contributed by atoms with van der Waals surface area (Å²) in [5, 5.41) is 10.3. The molecule has 3 heterocycles. The largest absolute Gasteiger partial charge is 0.465 e. The zero-order chi connectivity index (χ0) is 14.4. The van der Waals surface area contributed by atoms with Gasteiger partial charge in [-0.3, -0.25) is 9.89 Å². The summed E-state index contributed by atoms with van der Waals surface area (Å²) in [4.78, 5) is 11.9. The van der Waals surface area contributed by atoms with Crippen LogP contribution in [0.1, 0.15) is 67.2 Å². The molecule has 21 heavy (non-hydrogen) atoms. The van der Waals surface area contributed by atoms with Gasteiger partial charge in [0, 0.05) is 30.0 Å². The maximum Gasteiger partial charge on any atom is 0.226 e. The second-order valence-electron chi connectivity index (χ2n) is 5.99. The molecule has 0 aromatic carbocycles. The zero-order valence-electron chi connectivity index (χ0n) is 12.1. The van der Waals surface area contributed by atoms with E-state index < -0.39 is 0 Å². The number of nitrogens with one attached hydrogen (secondary N) is 2. The Morgan fingerprint density at radius 2 is 2.24 bits per heavy atom. The van der Waals surface area contributed by atoms with Crippen molar-refractivity contribution in [1.29, 1.82) is 0 Å². The van der Waals surface area contributed by atoms with E-state index in [1.165, 1.54) is 25.0 Å². The smallest absolute Gasteiger partial charge is 0.226 e. The Hall–Kier alpha value is -2.04. The molecule has 1 atom stereocenters. The van der Waals surface area contributed by atoms with Crippen LogP contribution in [0.25, 0.3) is 0 Å². The molecule has 0 saturated heterocycles. The molecule has 0 bridgehead atoms. The molecule has 0 unspecified atom stereocenters. The van der Waals surface area contributed by atoms with Gasteiger partial charge in [0.05, 0.1) is 5.92 Å². The van der Waals surface area contributed by atoms with Gasteiger partial charge < -0.3 is 9.73 Å². The highest BCUT2D eigenvalue weighted by molar-refractivity contribution is 5.94. The van der Waals surface area contributed by atoms with Crippen LogP contribution in [0.3, 0.4) is 0 Å². The highest BCUT2D eigenvalue weighted by Crippen LogP contribution is 2.45. The monoisotopic (exact) mass is 285 g/mol. The summed E-state index contributed by atoms with van der Waals surface area (Å²) in [5.74, 6) is 3.08. The molecule has 5 nitrogen and oxygen atoms in total. The van der Waals surface area contributed by atoms with E-state index in [0.717, 1.165) is 23.5 Å². The maximum absolute atomic E-state index is 11.9. The van der Waals surface area contributed by atoms with Gasteiger partial charge in [0.15, 0.2) is 5.82 Å². The molecular formula is C16H19N3O2. The van der Waals surface area contributed by atoms with Crippen LogP contribution >= 0.6 is 0 Å². The van der Waals surface area contributed by atoms with Crippen molar-refractivity contribution in [3.63, 3.8) is 0 Å². The molecule has 1 fully saturated rings. The van der Waals surface area contributed by atoms with Crippen molar-refractivity contribution in [2.75, 3.05) is 5.32 Å². The summed E-state index contributed by atoms with van der Waals surface area (Å²) in [6, 6.07) is 4.01. The van der Waals surface area contributed by atoms with Gasteiger partial charge in [0.1, 0.15) is 11.5 Å². The van der Waals surface area contributed by atoms with Crippen molar-refractivity contribution in [3.8, 4) is 0 Å². The third-order valence-electron chi connectivity index (χ3n) is 4.72. The minimum atomic E-state index is -0.0107. The predicted molar refractivity (Wildman–Crippen MR) is 78.4 cm³/mol. The fourth-order valence-electron chi connectivity index (χ4n) is 3.31. The average Bonchev–Trinajstić information content (AvgIpc) is 3.03. The first-order valence-corrected chi connectivity index (χ1v) is 7.73. The lowest BCUT2D eigenvalue weighted by Gasteiger charge is -2.28. The van der Waals surface area contributed by atoms with E-state index in [2.05, 4.69) is 22.4 Å². The van der Waals surface area contributed by atoms with Gasteiger partial charge in [0.2, 0.25) is 5.91 Å². The van der Waals surface area contributed by atoms with E-state index in [0.29, 0.717) is 18.2 Å². The lowest BCUT2D eigenvalue weighted by Crippen LogP contribution is -2.24. The van der Waals surface area contributed by atoms with Crippen molar-refractivity contribution in [2.45, 2.75) is 50.9 Å². The number of fused-ring (bicyclic) bond motifs is 1. The number of hydrogen-bond acceptors (Lipinski definition) is 3. The fourth-order valence-corrected chi connectivity index (χ4v) is 3.31. The van der Waals surface area contributed by atoms with Gasteiger partial charge >= 0.3 is 0 Å². The standard InChI is InChI=1S/C16H19N3O2/c1-2-10-6-7-12(21-10)11-8-13(20)17-16-14(11)15(18-19-16)9-4-3-5-9/h6-7,9,11H,2-5,8H2,1H3,(H2,17,18,19,20)/t11-/m0/s1. The Labute approximate surface area is 123 Å². The molecule has 1 aliphatic carbocycles. The minimum absolute atomic E-state index is 0.00797. The summed E-state index contributed by atoms with van der Waals surface area (Å²) < 4.78 is 5.91. The molecule has 2 N–H and O–H groups in total. The van der Waals surface area contributed by atoms with E-state index in [9.17, 15) is 4.79 Å². The molecular weight excluding hydrogens is 266 g/mol. The number of rotatable bonds is 3. The van der Waals surface area contributed by atoms with Gasteiger partial charge in [-0.2, -0.15) is 5.10 Å². The molecule has 2 aromatic heterocycles. The zero-order valence-corrected chi connectivity index (χ0v) is 12.1. The number of H-pyrrole nitrogens is 1. The molecule has 1 saturated carbocycles. The number of aromatic nitrogens is 2. The maximum atomic E-state index is 11.9. The Kier molecular flexibility index (Phi) is 2.87. The Bertz CT molecular complexity index is 682. The van der Waals surface area contributed by atoms with Gasteiger partial charge in [-0.05, 0) is 25.0 Å². The molecule has 5 heteroatoms. The van der Waals surface area contributed by atoms with Crippen molar-refractivity contribution in [1.82, 2.24) is 10.2 Å². The molecule has 110 valence electrons. The number of aryl methyl sites for hydroxylation is 1. The third kappa shape index (κ3) is 1.99. The summed E-state index contributed by atoms with van der Waals surface area (Å²) in [6.45, 7) is 2.07. The number of hydrogen-bond donors (Lipinski definition) is 2. The number of furan rings is 1. The molecule has 4 rings (SSSR count). The van der Waals surface area contributed by atoms with Crippen LogP contribution in [0.15, 0.2) is 16.5 Å². The predicted octanol–water partition coefficient (Wildman–Crippen LogP) is 3.31. The first-order chi connectivity index (χ1) is 10.3. The number of nitrogens with zero attached hydrogens (tertiary/aromatic N) is 1. The second kappa shape index (κ2) is 4.76. The van der Waals surface area contributed by atoms with Crippen molar-refractivity contribution >= 4 is 11.7 Å². The van der Waals surface area contributed by atoms with Gasteiger partial charge in [-0.1, -0.05) is 13.3 Å². The van der Waals surface area contributed by atoms with Gasteiger partial charge in [-0.15, -0.1) is 0 Å². The van der Waals surface area contributed by atoms with E-state index in [4.69, 9.17) is 4.42 Å². The molecule has 0 spiro atoms. The SMILES string of the molecule is CCc1ccc([C@@H]2CC(=O)Nc3n[nH]c(C4CCC4)c32)o1. The van der Waals surface area contributed by atoms with Crippen LogP contribution in [0.5, 0.6) is 0 Å². The van der Waals surface area contributed by atoms with Gasteiger partial charge in [0.25, 0.3) is 0 Å². The number of amides is 1. The topological polar surface area (TPSA) is 70.9 Å². The summed E-state index contributed by atoms with van der Waals surface area (Å²) in [7, 11) is 0. The molecule has 1 amide bonds. The first-order valence-electron chi connectivity index (χ1n) is 7.73. The number of anilines is 1. The quantitative estimate of drug-likeness (QED) is 0.909.